The molecule has 0 saturated heterocycles. The smallest absolute Gasteiger partial charge is 0.226 e. The minimum atomic E-state index is -1.28. The molecule has 0 unspecified atom stereocenters. The first kappa shape index (κ1) is 46.2. The normalized spacial score (nSPS) is 18.4. The van der Waals surface area contributed by atoms with E-state index in [9.17, 15) is 39.0 Å². The lowest BCUT2D eigenvalue weighted by molar-refractivity contribution is -0.142. The largest absolute Gasteiger partial charge is 0.507 e. The van der Waals surface area contributed by atoms with Gasteiger partial charge in [-0.2, -0.15) is 10.2 Å². The van der Waals surface area contributed by atoms with Crippen molar-refractivity contribution < 1.29 is 39.0 Å². The molecule has 0 fully saturated rings. The molecule has 2 aliphatic rings. The Bertz CT molecular complexity index is 2450. The average Bonchev–Trinajstić information content (AvgIpc) is 3.82. The van der Waals surface area contributed by atoms with Crippen molar-refractivity contribution in [1.82, 2.24) is 10.2 Å². The van der Waals surface area contributed by atoms with Crippen LogP contribution in [0.1, 0.15) is 79.9 Å². The Balaban J connectivity index is 1.31. The van der Waals surface area contributed by atoms with Crippen LogP contribution in [0.5, 0.6) is 11.5 Å². The average molecular weight is 874 g/mol. The first-order valence-corrected chi connectivity index (χ1v) is 21.5. The van der Waals surface area contributed by atoms with E-state index in [0.29, 0.717) is 47.5 Å². The van der Waals surface area contributed by atoms with E-state index in [4.69, 9.17) is 17.3 Å². The van der Waals surface area contributed by atoms with Crippen LogP contribution in [0, 0.1) is 17.8 Å². The number of rotatable bonds is 15. The predicted molar refractivity (Wildman–Crippen MR) is 239 cm³/mol. The van der Waals surface area contributed by atoms with Crippen molar-refractivity contribution in [3.63, 3.8) is 0 Å². The number of hydrogen-bond acceptors (Lipinski definition) is 11. The van der Waals surface area contributed by atoms with Gasteiger partial charge in [0.2, 0.25) is 11.8 Å². The van der Waals surface area contributed by atoms with Gasteiger partial charge in [-0.1, -0.05) is 80.4 Å². The van der Waals surface area contributed by atoms with Crippen molar-refractivity contribution in [2.24, 2.45) is 33.7 Å². The molecule has 6 rings (SSSR count). The molecule has 14 heteroatoms. The zero-order valence-corrected chi connectivity index (χ0v) is 36.3. The van der Waals surface area contributed by atoms with Gasteiger partial charge in [0.25, 0.3) is 0 Å². The summed E-state index contributed by atoms with van der Waals surface area (Å²) in [6.45, 7) is 3.82. The van der Waals surface area contributed by atoms with Crippen LogP contribution in [0.25, 0.3) is 22.3 Å². The van der Waals surface area contributed by atoms with E-state index >= 15 is 0 Å². The highest BCUT2D eigenvalue weighted by molar-refractivity contribution is 6.30. The van der Waals surface area contributed by atoms with Crippen molar-refractivity contribution in [2.75, 3.05) is 20.1 Å². The number of carbonyl (C=O) groups is 6. The van der Waals surface area contributed by atoms with Gasteiger partial charge in [0.05, 0.1) is 12.6 Å². The number of benzene rings is 4. The van der Waals surface area contributed by atoms with Gasteiger partial charge in [-0.3, -0.25) is 28.8 Å². The molecule has 4 aromatic rings. The number of phenolic OH excluding ortho intramolecular Hbond substituents is 2. The van der Waals surface area contributed by atoms with E-state index in [1.807, 2.05) is 24.3 Å². The molecule has 4 aromatic carbocycles. The summed E-state index contributed by atoms with van der Waals surface area (Å²) in [5.41, 5.74) is 9.41. The van der Waals surface area contributed by atoms with Crippen LogP contribution in [-0.4, -0.2) is 76.2 Å². The van der Waals surface area contributed by atoms with Crippen molar-refractivity contribution in [2.45, 2.75) is 70.9 Å². The number of nitrogens with one attached hydrogen (secondary N) is 1. The summed E-state index contributed by atoms with van der Waals surface area (Å²) in [5.74, 6) is -5.59. The number of fused-ring (bicyclic) bond motifs is 5. The summed E-state index contributed by atoms with van der Waals surface area (Å²) in [5, 5.41) is 33.4. The van der Waals surface area contributed by atoms with Crippen LogP contribution < -0.4 is 11.1 Å². The summed E-state index contributed by atoms with van der Waals surface area (Å²) in [6, 6.07) is 21.0. The van der Waals surface area contributed by atoms with E-state index in [2.05, 4.69) is 15.5 Å². The second-order valence-electron chi connectivity index (χ2n) is 16.5. The molecule has 4 bridgehead atoms. The molecule has 328 valence electrons. The number of nitrogens with two attached hydrogens (primary N) is 1. The zero-order chi connectivity index (χ0) is 45.4. The van der Waals surface area contributed by atoms with Crippen LogP contribution in [0.4, 0.5) is 0 Å². The Morgan fingerprint density at radius 3 is 2.17 bits per heavy atom. The highest BCUT2D eigenvalue weighted by atomic mass is 35.5. The summed E-state index contributed by atoms with van der Waals surface area (Å²) in [6.07, 6.45) is 2.35. The van der Waals surface area contributed by atoms with Gasteiger partial charge < -0.3 is 26.2 Å². The van der Waals surface area contributed by atoms with Crippen LogP contribution in [0.15, 0.2) is 107 Å². The maximum absolute atomic E-state index is 14.7. The summed E-state index contributed by atoms with van der Waals surface area (Å²) in [7, 11) is 1.48. The second kappa shape index (κ2) is 20.7. The number of halogens is 1. The van der Waals surface area contributed by atoms with E-state index in [0.717, 1.165) is 11.1 Å². The first-order chi connectivity index (χ1) is 30.1. The third-order valence-electron chi connectivity index (χ3n) is 11.8. The van der Waals surface area contributed by atoms with Gasteiger partial charge in [-0.05, 0) is 90.5 Å². The molecule has 0 radical (unpaired) electrons. The number of nitrogens with zero attached hydrogens (tertiary/aromatic N) is 3. The van der Waals surface area contributed by atoms with Crippen molar-refractivity contribution in [3.8, 4) is 33.8 Å². The minimum absolute atomic E-state index is 0.0150. The number of unbranched alkanes of at least 4 members (excludes halogenated alkanes) is 1. The number of ketones is 4. The number of amides is 2. The Hall–Kier alpha value is -6.31. The Morgan fingerprint density at radius 1 is 0.873 bits per heavy atom. The maximum Gasteiger partial charge on any atom is 0.226 e. The molecule has 13 nitrogen and oxygen atoms in total. The molecule has 5 N–H and O–H groups in total. The molecule has 0 spiro atoms. The SMILES string of the molecule is C[C@@H]1CC(=O)[C@@H](N(C)C(=O)[C@H](CCCCN)CC(=O)c2ccc(-c3ccc(Cl)cc3)cc2)c2ccc(O)c(c2)-c2cc(ccc2O)C[C@@H](C(=O)C[C@@H](C)C(=O)C2=CCN=N2)NC1=O. The van der Waals surface area contributed by atoms with Crippen molar-refractivity contribution in [1.29, 1.82) is 0 Å². The van der Waals surface area contributed by atoms with Gasteiger partial charge in [-0.15, -0.1) is 0 Å². The molecular weight excluding hydrogens is 822 g/mol. The Kier molecular flexibility index (Phi) is 15.2. The monoisotopic (exact) mass is 873 g/mol. The number of carbonyl (C=O) groups excluding carboxylic acids is 6. The highest BCUT2D eigenvalue weighted by Crippen LogP contribution is 2.40. The number of hydrogen-bond donors (Lipinski definition) is 4. The zero-order valence-electron chi connectivity index (χ0n) is 35.6. The van der Waals surface area contributed by atoms with Crippen LogP contribution >= 0.6 is 11.6 Å². The second-order valence-corrected chi connectivity index (χ2v) is 16.9. The van der Waals surface area contributed by atoms with Crippen LogP contribution in [-0.2, 0) is 30.4 Å². The number of aromatic hydroxyl groups is 2. The summed E-state index contributed by atoms with van der Waals surface area (Å²) < 4.78 is 0. The van der Waals surface area contributed by atoms with Gasteiger partial charge in [0, 0.05) is 65.8 Å². The third kappa shape index (κ3) is 11.2. The maximum atomic E-state index is 14.7. The number of azo groups is 1. The molecule has 2 amide bonds. The van der Waals surface area contributed by atoms with Gasteiger partial charge >= 0.3 is 0 Å². The van der Waals surface area contributed by atoms with Gasteiger partial charge in [0.1, 0.15) is 23.2 Å². The predicted octanol–water partition coefficient (Wildman–Crippen LogP) is 7.75. The first-order valence-electron chi connectivity index (χ1n) is 21.1. The van der Waals surface area contributed by atoms with Crippen LogP contribution in [0.3, 0.4) is 0 Å². The molecule has 5 atom stereocenters. The molecule has 2 heterocycles. The number of likely N-dealkylation sites (N-methyl/N-ethyl adjacent to an activating group) is 1. The third-order valence-corrected chi connectivity index (χ3v) is 12.0. The molecule has 2 aliphatic heterocycles. The molecule has 63 heavy (non-hydrogen) atoms. The van der Waals surface area contributed by atoms with E-state index in [1.54, 1.807) is 56.3 Å². The summed E-state index contributed by atoms with van der Waals surface area (Å²) in [4.78, 5) is 85.2. The van der Waals surface area contributed by atoms with Gasteiger partial charge in [-0.25, -0.2) is 0 Å². The van der Waals surface area contributed by atoms with E-state index in [1.165, 1.54) is 36.2 Å². The standard InChI is InChI=1S/C49H52ClN5O8/c1-28(47(61)39-19-21-52-54-39)22-44(59)40-25-30-7-17-41(56)37(24-30)38-26-34(14-18-42(38)57)46(45(60)23-29(2)48(62)53-40)55(3)49(63)35(6-4-5-20-51)27-43(58)33-10-8-31(9-11-33)32-12-15-36(50)16-13-32/h7-19,24,26,28-29,35,40,46,56-57H,4-6,20-23,25,27,51H2,1-3H3,(H,53,62)/t28-,29-,35-,40+,46+/m1/s1. The quantitative estimate of drug-likeness (QED) is 0.0679. The number of allylic oxidation sites excluding steroid dienone is 1. The topological polar surface area (TPSA) is 209 Å². The molecule has 0 aromatic heterocycles. The number of phenols is 2. The minimum Gasteiger partial charge on any atom is -0.507 e. The van der Waals surface area contributed by atoms with Crippen LogP contribution in [0.2, 0.25) is 5.02 Å². The van der Waals surface area contributed by atoms with Crippen molar-refractivity contribution >= 4 is 46.5 Å². The van der Waals surface area contributed by atoms with E-state index in [-0.39, 0.29) is 72.1 Å². The molecule has 0 saturated carbocycles. The highest BCUT2D eigenvalue weighted by Gasteiger charge is 2.36. The van der Waals surface area contributed by atoms with Crippen molar-refractivity contribution in [3.05, 3.63) is 118 Å². The van der Waals surface area contributed by atoms with E-state index < -0.39 is 53.2 Å². The lowest BCUT2D eigenvalue weighted by Crippen LogP contribution is -2.46. The Labute approximate surface area is 371 Å². The number of Topliss-reactive ketones (excluding diaryl/α,β-unsaturated/α-hetero) is 4. The lowest BCUT2D eigenvalue weighted by atomic mass is 9.87. The summed E-state index contributed by atoms with van der Waals surface area (Å²) >= 11 is 6.06. The molecular formula is C49H52ClN5O8. The fraction of sp³-hybridized carbons (Fsp3) is 0.347. The van der Waals surface area contributed by atoms with Gasteiger partial charge in [0.15, 0.2) is 23.1 Å². The molecule has 0 aliphatic carbocycles. The Morgan fingerprint density at radius 2 is 1.52 bits per heavy atom. The fourth-order valence-corrected chi connectivity index (χ4v) is 8.24. The lowest BCUT2D eigenvalue weighted by Gasteiger charge is -2.32. The fourth-order valence-electron chi connectivity index (χ4n) is 8.11.